The fraction of sp³-hybridized carbons (Fsp3) is 0.467. The Bertz CT molecular complexity index is 439. The fourth-order valence-electron chi connectivity index (χ4n) is 1.74. The maximum atomic E-state index is 12.0. The molecule has 1 aromatic carbocycles. The minimum absolute atomic E-state index is 0.160. The zero-order valence-electron chi connectivity index (χ0n) is 12.2. The zero-order valence-corrected chi connectivity index (χ0v) is 13.0. The van der Waals surface area contributed by atoms with E-state index in [1.54, 1.807) is 0 Å². The van der Waals surface area contributed by atoms with Gasteiger partial charge in [0.05, 0.1) is 12.4 Å². The molecule has 0 atom stereocenters. The van der Waals surface area contributed by atoms with Gasteiger partial charge in [-0.05, 0) is 17.7 Å². The Kier molecular flexibility index (Phi) is 8.54. The number of carbonyl (C=O) groups is 2. The molecular weight excluding hydrogens is 290 g/mol. The second kappa shape index (κ2) is 10.2. The molecule has 116 valence electrons. The van der Waals surface area contributed by atoms with Crippen LogP contribution in [0.3, 0.4) is 0 Å². The minimum Gasteiger partial charge on any atom is -0.480 e. The van der Waals surface area contributed by atoms with E-state index < -0.39 is 5.97 Å². The Morgan fingerprint density at radius 3 is 2.62 bits per heavy atom. The Morgan fingerprint density at radius 2 is 2.00 bits per heavy atom. The summed E-state index contributed by atoms with van der Waals surface area (Å²) in [4.78, 5) is 24.1. The highest BCUT2D eigenvalue weighted by Gasteiger charge is 2.16. The van der Waals surface area contributed by atoms with Crippen molar-refractivity contribution in [3.05, 3.63) is 35.9 Å². The number of amides is 1. The topological polar surface area (TPSA) is 66.8 Å². The summed E-state index contributed by atoms with van der Waals surface area (Å²) in [5, 5.41) is 8.81. The lowest BCUT2D eigenvalue weighted by molar-refractivity contribution is -0.143. The van der Waals surface area contributed by atoms with Gasteiger partial charge in [0.25, 0.3) is 0 Å². The second-order valence-electron chi connectivity index (χ2n) is 4.49. The van der Waals surface area contributed by atoms with Gasteiger partial charge in [0.15, 0.2) is 0 Å². The molecule has 0 saturated heterocycles. The van der Waals surface area contributed by atoms with Gasteiger partial charge < -0.3 is 14.7 Å². The number of rotatable bonds is 10. The van der Waals surface area contributed by atoms with Crippen LogP contribution in [0.1, 0.15) is 5.56 Å². The van der Waals surface area contributed by atoms with Gasteiger partial charge in [-0.3, -0.25) is 9.59 Å². The summed E-state index contributed by atoms with van der Waals surface area (Å²) in [6, 6.07) is 10.1. The van der Waals surface area contributed by atoms with E-state index in [4.69, 9.17) is 9.84 Å². The summed E-state index contributed by atoms with van der Waals surface area (Å²) >= 11 is 1.52. The lowest BCUT2D eigenvalue weighted by Crippen LogP contribution is -2.39. The van der Waals surface area contributed by atoms with Crippen LogP contribution in [0.5, 0.6) is 0 Å². The number of hydrogen-bond donors (Lipinski definition) is 1. The standard InChI is InChI=1S/C15H21NO4S/c1-20-9-8-16(11-15(18)19)14(17)12-21-10-7-13-5-3-2-4-6-13/h2-6H,7-12H2,1H3,(H,18,19). The van der Waals surface area contributed by atoms with Crippen molar-refractivity contribution in [2.75, 3.05) is 38.3 Å². The summed E-state index contributed by atoms with van der Waals surface area (Å²) in [6.45, 7) is 0.371. The summed E-state index contributed by atoms with van der Waals surface area (Å²) < 4.78 is 4.89. The number of ether oxygens (including phenoxy) is 1. The number of benzene rings is 1. The first-order valence-corrected chi connectivity index (χ1v) is 7.89. The number of thioether (sulfide) groups is 1. The maximum Gasteiger partial charge on any atom is 0.323 e. The second-order valence-corrected chi connectivity index (χ2v) is 5.60. The van der Waals surface area contributed by atoms with Crippen LogP contribution in [-0.4, -0.2) is 60.2 Å². The van der Waals surface area contributed by atoms with Gasteiger partial charge in [0.2, 0.25) is 5.91 Å². The molecule has 1 N–H and O–H groups in total. The normalized spacial score (nSPS) is 10.3. The molecule has 0 aromatic heterocycles. The van der Waals surface area contributed by atoms with Crippen molar-refractivity contribution in [3.63, 3.8) is 0 Å². The van der Waals surface area contributed by atoms with E-state index in [0.29, 0.717) is 18.9 Å². The molecule has 0 spiro atoms. The van der Waals surface area contributed by atoms with Crippen LogP contribution < -0.4 is 0 Å². The van der Waals surface area contributed by atoms with Gasteiger partial charge in [-0.2, -0.15) is 11.8 Å². The average molecular weight is 311 g/mol. The molecule has 1 aromatic rings. The number of carboxylic acids is 1. The van der Waals surface area contributed by atoms with Crippen LogP contribution in [0.4, 0.5) is 0 Å². The van der Waals surface area contributed by atoms with Gasteiger partial charge in [-0.25, -0.2) is 0 Å². The lowest BCUT2D eigenvalue weighted by Gasteiger charge is -2.20. The predicted octanol–water partition coefficient (Wildman–Crippen LogP) is 1.52. The lowest BCUT2D eigenvalue weighted by atomic mass is 10.2. The Labute approximate surface area is 129 Å². The van der Waals surface area contributed by atoms with Gasteiger partial charge in [-0.15, -0.1) is 0 Å². The van der Waals surface area contributed by atoms with E-state index in [1.807, 2.05) is 18.2 Å². The van der Waals surface area contributed by atoms with Gasteiger partial charge in [-0.1, -0.05) is 30.3 Å². The van der Waals surface area contributed by atoms with E-state index in [2.05, 4.69) is 12.1 Å². The van der Waals surface area contributed by atoms with E-state index in [1.165, 1.54) is 29.3 Å². The van der Waals surface area contributed by atoms with Crippen molar-refractivity contribution in [1.82, 2.24) is 4.90 Å². The molecule has 1 amide bonds. The van der Waals surface area contributed by atoms with E-state index in [0.717, 1.165) is 12.2 Å². The van der Waals surface area contributed by atoms with Crippen molar-refractivity contribution in [1.29, 1.82) is 0 Å². The van der Waals surface area contributed by atoms with Gasteiger partial charge >= 0.3 is 5.97 Å². The molecular formula is C15H21NO4S. The summed E-state index contributed by atoms with van der Waals surface area (Å²) in [6.07, 6.45) is 0.899. The summed E-state index contributed by atoms with van der Waals surface area (Å²) in [5.74, 6) is -0.0358. The van der Waals surface area contributed by atoms with E-state index in [-0.39, 0.29) is 12.5 Å². The van der Waals surface area contributed by atoms with Crippen LogP contribution in [0.2, 0.25) is 0 Å². The quantitative estimate of drug-likeness (QED) is 0.664. The molecule has 0 heterocycles. The molecule has 0 aliphatic rings. The predicted molar refractivity (Wildman–Crippen MR) is 83.6 cm³/mol. The molecule has 0 aliphatic carbocycles. The van der Waals surface area contributed by atoms with Crippen LogP contribution in [-0.2, 0) is 20.7 Å². The van der Waals surface area contributed by atoms with Crippen LogP contribution in [0.15, 0.2) is 30.3 Å². The average Bonchev–Trinajstić information content (AvgIpc) is 2.48. The Morgan fingerprint density at radius 1 is 1.29 bits per heavy atom. The molecule has 1 rings (SSSR count). The molecule has 6 heteroatoms. The number of aryl methyl sites for hydroxylation is 1. The third-order valence-electron chi connectivity index (χ3n) is 2.85. The van der Waals surface area contributed by atoms with E-state index >= 15 is 0 Å². The smallest absolute Gasteiger partial charge is 0.323 e. The highest BCUT2D eigenvalue weighted by Crippen LogP contribution is 2.08. The monoisotopic (exact) mass is 311 g/mol. The van der Waals surface area contributed by atoms with Crippen molar-refractivity contribution < 1.29 is 19.4 Å². The molecule has 0 radical (unpaired) electrons. The fourth-order valence-corrected chi connectivity index (χ4v) is 2.62. The van der Waals surface area contributed by atoms with Crippen molar-refractivity contribution in [2.45, 2.75) is 6.42 Å². The molecule has 0 bridgehead atoms. The van der Waals surface area contributed by atoms with Crippen molar-refractivity contribution >= 4 is 23.6 Å². The van der Waals surface area contributed by atoms with E-state index in [9.17, 15) is 9.59 Å². The van der Waals surface area contributed by atoms with Crippen LogP contribution in [0.25, 0.3) is 0 Å². The highest BCUT2D eigenvalue weighted by atomic mass is 32.2. The Hall–Kier alpha value is -1.53. The molecule has 0 aliphatic heterocycles. The maximum absolute atomic E-state index is 12.0. The first-order chi connectivity index (χ1) is 10.1. The Balaban J connectivity index is 2.30. The number of methoxy groups -OCH3 is 1. The number of aliphatic carboxylic acids is 1. The summed E-state index contributed by atoms with van der Waals surface area (Å²) in [5.41, 5.74) is 1.24. The zero-order chi connectivity index (χ0) is 15.5. The number of hydrogen-bond acceptors (Lipinski definition) is 4. The third-order valence-corrected chi connectivity index (χ3v) is 3.79. The minimum atomic E-state index is -1.01. The number of nitrogens with zero attached hydrogens (tertiary/aromatic N) is 1. The molecule has 0 unspecified atom stereocenters. The van der Waals surface area contributed by atoms with Crippen molar-refractivity contribution in [2.24, 2.45) is 0 Å². The van der Waals surface area contributed by atoms with Crippen LogP contribution >= 0.6 is 11.8 Å². The highest BCUT2D eigenvalue weighted by molar-refractivity contribution is 7.99. The third kappa shape index (κ3) is 7.72. The first-order valence-electron chi connectivity index (χ1n) is 6.73. The molecule has 0 saturated carbocycles. The molecule has 5 nitrogen and oxygen atoms in total. The van der Waals surface area contributed by atoms with Crippen molar-refractivity contribution in [3.8, 4) is 0 Å². The van der Waals surface area contributed by atoms with Gasteiger partial charge in [0.1, 0.15) is 6.54 Å². The SMILES string of the molecule is COCCN(CC(=O)O)C(=O)CSCCc1ccccc1. The van der Waals surface area contributed by atoms with Crippen LogP contribution in [0, 0.1) is 0 Å². The molecule has 21 heavy (non-hydrogen) atoms. The largest absolute Gasteiger partial charge is 0.480 e. The summed E-state index contributed by atoms with van der Waals surface area (Å²) in [7, 11) is 1.53. The number of carbonyl (C=O) groups excluding carboxylic acids is 1. The number of carboxylic acid groups (broad SMARTS) is 1. The first kappa shape index (κ1) is 17.5. The molecule has 0 fully saturated rings. The van der Waals surface area contributed by atoms with Gasteiger partial charge in [0, 0.05) is 13.7 Å².